The summed E-state index contributed by atoms with van der Waals surface area (Å²) < 4.78 is 48.0. The van der Waals surface area contributed by atoms with Crippen molar-refractivity contribution in [2.24, 2.45) is 0 Å². The van der Waals surface area contributed by atoms with Gasteiger partial charge < -0.3 is 23.5 Å². The van der Waals surface area contributed by atoms with Crippen molar-refractivity contribution in [2.75, 3.05) is 20.3 Å². The molecule has 0 amide bonds. The van der Waals surface area contributed by atoms with Gasteiger partial charge in [-0.15, -0.1) is 0 Å². The van der Waals surface area contributed by atoms with E-state index in [4.69, 9.17) is 28.0 Å². The summed E-state index contributed by atoms with van der Waals surface area (Å²) in [5.74, 6) is 1.85. The first-order valence-corrected chi connectivity index (χ1v) is 19.5. The van der Waals surface area contributed by atoms with Crippen LogP contribution in [0.4, 0.5) is 0 Å². The Kier molecular flexibility index (Phi) is 11.5. The van der Waals surface area contributed by atoms with Gasteiger partial charge in [0.1, 0.15) is 29.4 Å². The highest BCUT2D eigenvalue weighted by atomic mass is 31.2. The first-order valence-electron chi connectivity index (χ1n) is 14.2. The molecule has 3 rings (SSSR count). The molecule has 0 saturated carbocycles. The Bertz CT molecular complexity index is 1350. The van der Waals surface area contributed by atoms with Gasteiger partial charge in [0, 0.05) is 25.0 Å². The molecule has 0 aliphatic carbocycles. The van der Waals surface area contributed by atoms with Crippen LogP contribution in [-0.4, -0.2) is 46.4 Å². The Labute approximate surface area is 250 Å². The van der Waals surface area contributed by atoms with Crippen LogP contribution in [0, 0.1) is 6.92 Å². The molecule has 9 nitrogen and oxygen atoms in total. The van der Waals surface area contributed by atoms with Crippen LogP contribution >= 0.6 is 7.60 Å². The Morgan fingerprint density at radius 2 is 1.86 bits per heavy atom. The number of hydrogen-bond donors (Lipinski definition) is 0. The predicted octanol–water partition coefficient (Wildman–Crippen LogP) is 7.47. The van der Waals surface area contributed by atoms with Crippen molar-refractivity contribution < 1.29 is 42.1 Å². The average Bonchev–Trinajstić information content (AvgIpc) is 3.30. The van der Waals surface area contributed by atoms with Gasteiger partial charge in [0.05, 0.1) is 20.3 Å². The number of benzene rings is 2. The van der Waals surface area contributed by atoms with E-state index in [1.807, 2.05) is 19.9 Å². The summed E-state index contributed by atoms with van der Waals surface area (Å²) in [6, 6.07) is 9.56. The van der Waals surface area contributed by atoms with E-state index in [1.54, 1.807) is 38.3 Å². The summed E-state index contributed by atoms with van der Waals surface area (Å²) >= 11 is 0. The highest BCUT2D eigenvalue weighted by Crippen LogP contribution is 2.52. The predicted molar refractivity (Wildman–Crippen MR) is 164 cm³/mol. The molecule has 0 N–H and O–H groups in total. The first kappa shape index (κ1) is 33.4. The van der Waals surface area contributed by atoms with Crippen LogP contribution in [0.25, 0.3) is 0 Å². The zero-order valence-corrected chi connectivity index (χ0v) is 27.8. The smallest absolute Gasteiger partial charge is 0.404 e. The topological polar surface area (TPSA) is 107 Å². The van der Waals surface area contributed by atoms with Crippen molar-refractivity contribution in [3.63, 3.8) is 0 Å². The lowest BCUT2D eigenvalue weighted by Crippen LogP contribution is -2.23. The first-order chi connectivity index (χ1) is 19.8. The molecule has 0 aromatic heterocycles. The second kappa shape index (κ2) is 14.4. The third-order valence-corrected chi connectivity index (χ3v) is 10.3. The monoisotopic (exact) mass is 618 g/mol. The molecule has 42 heavy (non-hydrogen) atoms. The van der Waals surface area contributed by atoms with Crippen molar-refractivity contribution >= 4 is 27.6 Å². The van der Waals surface area contributed by atoms with Gasteiger partial charge in [-0.1, -0.05) is 43.4 Å². The summed E-state index contributed by atoms with van der Waals surface area (Å²) in [5, 5.41) is 0. The van der Waals surface area contributed by atoms with E-state index >= 15 is 0 Å². The van der Waals surface area contributed by atoms with E-state index in [-0.39, 0.29) is 13.2 Å². The van der Waals surface area contributed by atoms with Gasteiger partial charge >= 0.3 is 19.5 Å². The second-order valence-corrected chi connectivity index (χ2v) is 18.8. The molecular formula is C31H43O9PSi. The van der Waals surface area contributed by atoms with Crippen LogP contribution in [0.15, 0.2) is 41.7 Å². The number of esters is 2. The maximum Gasteiger partial charge on any atom is 0.404 e. The van der Waals surface area contributed by atoms with E-state index in [0.29, 0.717) is 47.8 Å². The molecule has 1 heterocycles. The fraction of sp³-hybridized carbons (Fsp3) is 0.484. The number of allylic oxidation sites excluding steroid dienone is 1. The SMILES string of the molecule is CCOC(=O)[C@H](C)OP(=O)(/C=C(\C)CCc1c(OC)c(C)c2c(c1OCC[Si](C)(C)C)C(=O)OC2)Oc1ccccc1. The lowest BCUT2D eigenvalue weighted by molar-refractivity contribution is -0.150. The van der Waals surface area contributed by atoms with E-state index in [1.165, 1.54) is 12.7 Å². The maximum atomic E-state index is 14.0. The molecule has 1 aliphatic heterocycles. The number of carbonyl (C=O) groups excluding carboxylic acids is 2. The summed E-state index contributed by atoms with van der Waals surface area (Å²) in [4.78, 5) is 25.1. The largest absolute Gasteiger partial charge is 0.496 e. The fourth-order valence-electron chi connectivity index (χ4n) is 4.56. The molecule has 2 aromatic rings. The normalized spacial score (nSPS) is 15.3. The molecular weight excluding hydrogens is 575 g/mol. The minimum Gasteiger partial charge on any atom is -0.496 e. The van der Waals surface area contributed by atoms with Crippen LogP contribution in [-0.2, 0) is 36.4 Å². The quantitative estimate of drug-likeness (QED) is 0.114. The van der Waals surface area contributed by atoms with Crippen molar-refractivity contribution in [2.45, 2.75) is 78.9 Å². The number of cyclic esters (lactones) is 1. The van der Waals surface area contributed by atoms with Gasteiger partial charge in [-0.2, -0.15) is 0 Å². The van der Waals surface area contributed by atoms with E-state index in [2.05, 4.69) is 19.6 Å². The summed E-state index contributed by atoms with van der Waals surface area (Å²) in [7, 11) is -3.75. The second-order valence-electron chi connectivity index (χ2n) is 11.5. The third-order valence-electron chi connectivity index (χ3n) is 6.77. The minimum absolute atomic E-state index is 0.170. The molecule has 230 valence electrons. The number of fused-ring (bicyclic) bond motifs is 1. The zero-order valence-electron chi connectivity index (χ0n) is 25.9. The van der Waals surface area contributed by atoms with Gasteiger partial charge in [-0.3, -0.25) is 4.52 Å². The molecule has 1 aliphatic rings. The number of methoxy groups -OCH3 is 1. The van der Waals surface area contributed by atoms with E-state index in [9.17, 15) is 14.2 Å². The highest BCUT2D eigenvalue weighted by Gasteiger charge is 2.34. The minimum atomic E-state index is -3.95. The lowest BCUT2D eigenvalue weighted by Gasteiger charge is -2.22. The zero-order chi connectivity index (χ0) is 31.1. The summed E-state index contributed by atoms with van der Waals surface area (Å²) in [6.45, 7) is 14.5. The maximum absolute atomic E-state index is 14.0. The Hall–Kier alpha value is -3.07. The van der Waals surface area contributed by atoms with Crippen LogP contribution in [0.5, 0.6) is 17.2 Å². The summed E-state index contributed by atoms with van der Waals surface area (Å²) in [6.07, 6.45) is -0.262. The number of rotatable bonds is 15. The Morgan fingerprint density at radius 3 is 2.48 bits per heavy atom. The standard InChI is InChI=1S/C31H43O9PSi/c1-9-36-30(32)23(4)39-41(34,40-24-13-11-10-12-14-24)20-21(2)15-16-25-28(35-5)22(3)26-19-38-31(33)27(26)29(25)37-17-18-42(6,7)8/h10-14,20,23H,9,15-19H2,1-8H3/b21-20+/t23-,41?/m0/s1. The van der Waals surface area contributed by atoms with Gasteiger partial charge in [-0.25, -0.2) is 14.2 Å². The molecule has 2 atom stereocenters. The summed E-state index contributed by atoms with van der Waals surface area (Å²) in [5.41, 5.74) is 3.50. The fourth-order valence-corrected chi connectivity index (χ4v) is 7.04. The van der Waals surface area contributed by atoms with Gasteiger partial charge in [0.25, 0.3) is 0 Å². The molecule has 2 aromatic carbocycles. The van der Waals surface area contributed by atoms with Crippen molar-refractivity contribution in [3.05, 3.63) is 64.0 Å². The molecule has 0 saturated heterocycles. The van der Waals surface area contributed by atoms with Gasteiger partial charge in [-0.05, 0) is 64.3 Å². The third kappa shape index (κ3) is 8.72. The van der Waals surface area contributed by atoms with E-state index < -0.39 is 33.7 Å². The lowest BCUT2D eigenvalue weighted by atomic mass is 9.94. The molecule has 0 spiro atoms. The van der Waals surface area contributed by atoms with Crippen LogP contribution in [0.1, 0.15) is 54.2 Å². The van der Waals surface area contributed by atoms with Gasteiger partial charge in [0.2, 0.25) is 0 Å². The van der Waals surface area contributed by atoms with Crippen molar-refractivity contribution in [1.82, 2.24) is 0 Å². The molecule has 0 radical (unpaired) electrons. The van der Waals surface area contributed by atoms with E-state index in [0.717, 1.165) is 22.7 Å². The van der Waals surface area contributed by atoms with Crippen LogP contribution in [0.3, 0.4) is 0 Å². The Morgan fingerprint density at radius 1 is 1.17 bits per heavy atom. The molecule has 0 fully saturated rings. The van der Waals surface area contributed by atoms with Crippen molar-refractivity contribution in [1.29, 1.82) is 0 Å². The van der Waals surface area contributed by atoms with Crippen molar-refractivity contribution in [3.8, 4) is 17.2 Å². The molecule has 0 bridgehead atoms. The number of para-hydroxylation sites is 1. The molecule has 1 unspecified atom stereocenters. The van der Waals surface area contributed by atoms with Crippen LogP contribution < -0.4 is 14.0 Å². The molecule has 11 heteroatoms. The highest BCUT2D eigenvalue weighted by molar-refractivity contribution is 7.57. The van der Waals surface area contributed by atoms with Crippen LogP contribution in [0.2, 0.25) is 25.7 Å². The number of ether oxygens (including phenoxy) is 4. The Balaban J connectivity index is 1.95. The average molecular weight is 619 g/mol. The number of hydrogen-bond acceptors (Lipinski definition) is 9. The number of carbonyl (C=O) groups is 2. The van der Waals surface area contributed by atoms with Gasteiger partial charge in [0.15, 0.2) is 6.10 Å².